The second kappa shape index (κ2) is 5.24. The van der Waals surface area contributed by atoms with Gasteiger partial charge in [-0.1, -0.05) is 6.07 Å². The van der Waals surface area contributed by atoms with Gasteiger partial charge < -0.3 is 11.1 Å². The van der Waals surface area contributed by atoms with Gasteiger partial charge in [0, 0.05) is 5.56 Å². The Labute approximate surface area is 113 Å². The summed E-state index contributed by atoms with van der Waals surface area (Å²) >= 11 is 0. The highest BCUT2D eigenvalue weighted by atomic mass is 19.1. The monoisotopic (exact) mass is 280 g/mol. The molecule has 1 amide bonds. The third-order valence-electron chi connectivity index (χ3n) is 2.71. The molecule has 6 heteroatoms. The largest absolute Gasteiger partial charge is 0.394 e. The first kappa shape index (κ1) is 13.9. The summed E-state index contributed by atoms with van der Waals surface area (Å²) in [5.74, 6) is -3.54. The third-order valence-corrected chi connectivity index (χ3v) is 2.71. The molecule has 0 atom stereocenters. The van der Waals surface area contributed by atoms with E-state index in [9.17, 15) is 18.0 Å². The molecule has 0 heterocycles. The van der Waals surface area contributed by atoms with Gasteiger partial charge >= 0.3 is 0 Å². The lowest BCUT2D eigenvalue weighted by Gasteiger charge is -2.08. The van der Waals surface area contributed by atoms with Crippen LogP contribution in [0.5, 0.6) is 0 Å². The first-order valence-corrected chi connectivity index (χ1v) is 5.70. The zero-order valence-electron chi connectivity index (χ0n) is 10.5. The van der Waals surface area contributed by atoms with E-state index >= 15 is 0 Å². The Balaban J connectivity index is 2.28. The predicted molar refractivity (Wildman–Crippen MR) is 69.9 cm³/mol. The van der Waals surface area contributed by atoms with Crippen molar-refractivity contribution in [1.29, 1.82) is 0 Å². The summed E-state index contributed by atoms with van der Waals surface area (Å²) in [6.45, 7) is 1.69. The molecule has 0 saturated carbocycles. The first-order chi connectivity index (χ1) is 9.38. The van der Waals surface area contributed by atoms with Crippen LogP contribution in [0.4, 0.5) is 24.5 Å². The number of hydrogen-bond donors (Lipinski definition) is 2. The number of rotatable bonds is 2. The highest BCUT2D eigenvalue weighted by Gasteiger charge is 2.14. The smallest absolute Gasteiger partial charge is 0.255 e. The third kappa shape index (κ3) is 2.74. The minimum Gasteiger partial charge on any atom is -0.394 e. The molecule has 0 unspecified atom stereocenters. The Morgan fingerprint density at radius 3 is 2.20 bits per heavy atom. The number of carbonyl (C=O) groups is 1. The Kier molecular flexibility index (Phi) is 3.65. The molecule has 0 aliphatic heterocycles. The number of halogens is 3. The van der Waals surface area contributed by atoms with Gasteiger partial charge in [-0.25, -0.2) is 13.2 Å². The lowest BCUT2D eigenvalue weighted by molar-refractivity contribution is 0.102. The topological polar surface area (TPSA) is 55.1 Å². The van der Waals surface area contributed by atoms with Crippen LogP contribution in [-0.2, 0) is 0 Å². The summed E-state index contributed by atoms with van der Waals surface area (Å²) in [4.78, 5) is 11.8. The van der Waals surface area contributed by atoms with Crippen molar-refractivity contribution in [2.24, 2.45) is 0 Å². The van der Waals surface area contributed by atoms with Gasteiger partial charge in [0.2, 0.25) is 0 Å². The first-order valence-electron chi connectivity index (χ1n) is 5.70. The number of benzene rings is 2. The molecule has 0 aliphatic rings. The van der Waals surface area contributed by atoms with Crippen molar-refractivity contribution in [3.63, 3.8) is 0 Å². The maximum Gasteiger partial charge on any atom is 0.255 e. The molecular weight excluding hydrogens is 269 g/mol. The van der Waals surface area contributed by atoms with Crippen LogP contribution < -0.4 is 11.1 Å². The van der Waals surface area contributed by atoms with E-state index in [0.29, 0.717) is 5.56 Å². The van der Waals surface area contributed by atoms with Gasteiger partial charge in [-0.3, -0.25) is 4.79 Å². The number of aryl methyl sites for hydroxylation is 1. The van der Waals surface area contributed by atoms with Crippen molar-refractivity contribution in [2.75, 3.05) is 11.1 Å². The van der Waals surface area contributed by atoms with E-state index < -0.39 is 29.0 Å². The number of carbonyl (C=O) groups excluding carboxylic acids is 1. The Hall–Kier alpha value is -2.50. The number of amides is 1. The summed E-state index contributed by atoms with van der Waals surface area (Å²) in [5.41, 5.74) is 4.77. The molecule has 2 aromatic carbocycles. The van der Waals surface area contributed by atoms with Gasteiger partial charge in [-0.2, -0.15) is 0 Å². The number of anilines is 2. The lowest BCUT2D eigenvalue weighted by atomic mass is 10.1. The summed E-state index contributed by atoms with van der Waals surface area (Å²) in [5, 5.41) is 2.24. The lowest BCUT2D eigenvalue weighted by Crippen LogP contribution is -2.14. The van der Waals surface area contributed by atoms with E-state index in [1.807, 2.05) is 0 Å². The Morgan fingerprint density at radius 1 is 1.05 bits per heavy atom. The number of hydrogen-bond acceptors (Lipinski definition) is 2. The molecule has 0 fully saturated rings. The van der Waals surface area contributed by atoms with Crippen LogP contribution in [0.1, 0.15) is 15.9 Å². The summed E-state index contributed by atoms with van der Waals surface area (Å²) in [7, 11) is 0. The quantitative estimate of drug-likeness (QED) is 0.830. The molecule has 0 aromatic heterocycles. The highest BCUT2D eigenvalue weighted by Crippen LogP contribution is 2.20. The van der Waals surface area contributed by atoms with Gasteiger partial charge in [0.1, 0.15) is 23.1 Å². The van der Waals surface area contributed by atoms with Gasteiger partial charge in [-0.05, 0) is 36.8 Å². The van der Waals surface area contributed by atoms with Gasteiger partial charge in [0.25, 0.3) is 5.91 Å². The Morgan fingerprint density at radius 2 is 1.65 bits per heavy atom. The van der Waals surface area contributed by atoms with Gasteiger partial charge in [0.15, 0.2) is 0 Å². The van der Waals surface area contributed by atoms with Crippen molar-refractivity contribution in [2.45, 2.75) is 6.92 Å². The van der Waals surface area contributed by atoms with Crippen LogP contribution in [-0.4, -0.2) is 5.91 Å². The molecule has 0 saturated heterocycles. The molecular formula is C14H11F3N2O. The fourth-order valence-corrected chi connectivity index (χ4v) is 1.63. The maximum absolute atomic E-state index is 13.6. The number of nitrogens with two attached hydrogens (primary N) is 1. The standard InChI is InChI=1S/C14H11F3N2O/c1-7-2-3-12(9(15)4-7)19-14(20)8-5-10(16)13(18)11(17)6-8/h2-6H,18H2,1H3,(H,19,20). The summed E-state index contributed by atoms with van der Waals surface area (Å²) in [6.07, 6.45) is 0. The van der Waals surface area contributed by atoms with Crippen LogP contribution in [0.15, 0.2) is 30.3 Å². The predicted octanol–water partition coefficient (Wildman–Crippen LogP) is 3.25. The fraction of sp³-hybridized carbons (Fsp3) is 0.0714. The average molecular weight is 280 g/mol. The average Bonchev–Trinajstić information content (AvgIpc) is 2.38. The molecule has 2 rings (SSSR count). The minimum absolute atomic E-state index is 0.0711. The molecule has 0 bridgehead atoms. The SMILES string of the molecule is Cc1ccc(NC(=O)c2cc(F)c(N)c(F)c2)c(F)c1. The number of nitrogen functional groups attached to an aromatic ring is 1. The summed E-state index contributed by atoms with van der Waals surface area (Å²) in [6, 6.07) is 5.79. The minimum atomic E-state index is -1.04. The van der Waals surface area contributed by atoms with Crippen LogP contribution in [0.25, 0.3) is 0 Å². The van der Waals surface area contributed by atoms with E-state index in [-0.39, 0.29) is 11.3 Å². The maximum atomic E-state index is 13.6. The van der Waals surface area contributed by atoms with Crippen molar-refractivity contribution >= 4 is 17.3 Å². The van der Waals surface area contributed by atoms with Gasteiger partial charge in [0.05, 0.1) is 5.69 Å². The molecule has 0 spiro atoms. The molecule has 0 radical (unpaired) electrons. The van der Waals surface area contributed by atoms with Crippen LogP contribution in [0.2, 0.25) is 0 Å². The van der Waals surface area contributed by atoms with Crippen LogP contribution in [0, 0.1) is 24.4 Å². The zero-order chi connectivity index (χ0) is 14.9. The van der Waals surface area contributed by atoms with Crippen molar-refractivity contribution in [3.05, 3.63) is 58.9 Å². The molecule has 2 aromatic rings. The second-order valence-corrected chi connectivity index (χ2v) is 4.29. The molecule has 104 valence electrons. The fourth-order valence-electron chi connectivity index (χ4n) is 1.63. The second-order valence-electron chi connectivity index (χ2n) is 4.29. The van der Waals surface area contributed by atoms with E-state index in [2.05, 4.69) is 5.32 Å². The van der Waals surface area contributed by atoms with Crippen molar-refractivity contribution in [3.8, 4) is 0 Å². The normalized spacial score (nSPS) is 10.4. The van der Waals surface area contributed by atoms with Crippen molar-refractivity contribution < 1.29 is 18.0 Å². The van der Waals surface area contributed by atoms with E-state index in [1.165, 1.54) is 12.1 Å². The Bertz CT molecular complexity index is 663. The summed E-state index contributed by atoms with van der Waals surface area (Å²) < 4.78 is 40.1. The van der Waals surface area contributed by atoms with Gasteiger partial charge in [-0.15, -0.1) is 0 Å². The molecule has 0 aliphatic carbocycles. The molecule has 3 N–H and O–H groups in total. The van der Waals surface area contributed by atoms with E-state index in [4.69, 9.17) is 5.73 Å². The zero-order valence-corrected chi connectivity index (χ0v) is 10.5. The number of nitrogens with one attached hydrogen (secondary N) is 1. The highest BCUT2D eigenvalue weighted by molar-refractivity contribution is 6.04. The van der Waals surface area contributed by atoms with E-state index in [0.717, 1.165) is 12.1 Å². The van der Waals surface area contributed by atoms with Crippen molar-refractivity contribution in [1.82, 2.24) is 0 Å². The molecule has 3 nitrogen and oxygen atoms in total. The van der Waals surface area contributed by atoms with Crippen LogP contribution >= 0.6 is 0 Å². The van der Waals surface area contributed by atoms with Crippen LogP contribution in [0.3, 0.4) is 0 Å². The van der Waals surface area contributed by atoms with E-state index in [1.54, 1.807) is 13.0 Å². The molecule has 20 heavy (non-hydrogen) atoms.